The molecule has 1 saturated carbocycles. The highest BCUT2D eigenvalue weighted by molar-refractivity contribution is 5.84. The number of amides is 2. The summed E-state index contributed by atoms with van der Waals surface area (Å²) in [7, 11) is 0. The van der Waals surface area contributed by atoms with Gasteiger partial charge in [0.2, 0.25) is 5.91 Å². The van der Waals surface area contributed by atoms with Crippen molar-refractivity contribution >= 4 is 18.0 Å². The van der Waals surface area contributed by atoms with Crippen LogP contribution in [0, 0.1) is 23.2 Å². The molecule has 2 N–H and O–H groups in total. The second kappa shape index (κ2) is 8.46. The smallest absolute Gasteiger partial charge is 0.407 e. The van der Waals surface area contributed by atoms with Gasteiger partial charge in [-0.05, 0) is 40.0 Å². The molecule has 2 aliphatic carbocycles. The van der Waals surface area contributed by atoms with Gasteiger partial charge in [0.25, 0.3) is 0 Å². The molecule has 0 spiro atoms. The molecule has 5 rings (SSSR count). The topological polar surface area (TPSA) is 95.9 Å². The van der Waals surface area contributed by atoms with Crippen LogP contribution < -0.4 is 5.32 Å². The van der Waals surface area contributed by atoms with Crippen LogP contribution in [0.4, 0.5) is 4.79 Å². The SMILES string of the molecule is CC1(C)CN(C(=O)[C@@H]2C[C@@H]2CNC(=O)OCC2c3ccccc3-c3ccccc32)CC1C(=O)O. The van der Waals surface area contributed by atoms with Crippen molar-refractivity contribution in [2.75, 3.05) is 26.2 Å². The summed E-state index contributed by atoms with van der Waals surface area (Å²) in [4.78, 5) is 38.4. The quantitative estimate of drug-likeness (QED) is 0.682. The molecular formula is C27H30N2O5. The number of rotatable bonds is 6. The molecule has 3 aliphatic rings. The van der Waals surface area contributed by atoms with Crippen LogP contribution in [0.5, 0.6) is 0 Å². The van der Waals surface area contributed by atoms with E-state index >= 15 is 0 Å². The minimum Gasteiger partial charge on any atom is -0.481 e. The molecular weight excluding hydrogens is 432 g/mol. The number of carbonyl (C=O) groups excluding carboxylic acids is 2. The predicted molar refractivity (Wildman–Crippen MR) is 126 cm³/mol. The first-order valence-corrected chi connectivity index (χ1v) is 11.9. The fourth-order valence-corrected chi connectivity index (χ4v) is 5.59. The first kappa shape index (κ1) is 22.4. The van der Waals surface area contributed by atoms with Crippen molar-refractivity contribution in [3.63, 3.8) is 0 Å². The number of carboxylic acids is 1. The molecule has 2 fully saturated rings. The van der Waals surface area contributed by atoms with E-state index in [4.69, 9.17) is 4.74 Å². The number of fused-ring (bicyclic) bond motifs is 3. The highest BCUT2D eigenvalue weighted by Gasteiger charge is 2.51. The van der Waals surface area contributed by atoms with Crippen LogP contribution in [-0.2, 0) is 14.3 Å². The fourth-order valence-electron chi connectivity index (χ4n) is 5.59. The zero-order valence-corrected chi connectivity index (χ0v) is 19.5. The summed E-state index contributed by atoms with van der Waals surface area (Å²) >= 11 is 0. The molecule has 1 aliphatic heterocycles. The molecule has 7 nitrogen and oxygen atoms in total. The second-order valence-electron chi connectivity index (χ2n) is 10.4. The lowest BCUT2D eigenvalue weighted by atomic mass is 9.82. The average Bonchev–Trinajstić information content (AvgIpc) is 3.42. The summed E-state index contributed by atoms with van der Waals surface area (Å²) in [5.41, 5.74) is 4.25. The summed E-state index contributed by atoms with van der Waals surface area (Å²) in [5, 5.41) is 12.2. The lowest BCUT2D eigenvalue weighted by Gasteiger charge is -2.22. The van der Waals surface area contributed by atoms with Crippen LogP contribution in [0.3, 0.4) is 0 Å². The van der Waals surface area contributed by atoms with Gasteiger partial charge in [-0.2, -0.15) is 0 Å². The van der Waals surface area contributed by atoms with Crippen LogP contribution >= 0.6 is 0 Å². The molecule has 178 valence electrons. The highest BCUT2D eigenvalue weighted by atomic mass is 16.5. The molecule has 7 heteroatoms. The number of ether oxygens (including phenoxy) is 1. The largest absolute Gasteiger partial charge is 0.481 e. The van der Waals surface area contributed by atoms with Crippen molar-refractivity contribution in [2.45, 2.75) is 26.2 Å². The van der Waals surface area contributed by atoms with Crippen molar-refractivity contribution in [1.82, 2.24) is 10.2 Å². The Balaban J connectivity index is 1.11. The molecule has 1 heterocycles. The first-order valence-electron chi connectivity index (χ1n) is 11.9. The number of alkyl carbamates (subject to hydrolysis) is 1. The number of likely N-dealkylation sites (tertiary alicyclic amines) is 1. The van der Waals surface area contributed by atoms with E-state index in [9.17, 15) is 19.5 Å². The first-order chi connectivity index (χ1) is 16.3. The van der Waals surface area contributed by atoms with E-state index in [1.54, 1.807) is 4.90 Å². The maximum Gasteiger partial charge on any atom is 0.407 e. The van der Waals surface area contributed by atoms with Gasteiger partial charge in [-0.25, -0.2) is 4.79 Å². The van der Waals surface area contributed by atoms with Gasteiger partial charge >= 0.3 is 12.1 Å². The van der Waals surface area contributed by atoms with Crippen molar-refractivity contribution < 1.29 is 24.2 Å². The Kier molecular flexibility index (Phi) is 5.58. The van der Waals surface area contributed by atoms with E-state index in [0.29, 0.717) is 19.5 Å². The Labute approximate surface area is 199 Å². The standard InChI is InChI=1S/C27H30N2O5/c1-27(2)15-29(13-23(27)25(31)32)24(30)21-11-16(21)12-28-26(33)34-14-22-19-9-5-3-7-17(19)18-8-4-6-10-20(18)22/h3-10,16,21-23H,11-15H2,1-2H3,(H,28,33)(H,31,32)/t16-,21-,23?/m1/s1. The van der Waals surface area contributed by atoms with E-state index in [0.717, 1.165) is 11.1 Å². The average molecular weight is 463 g/mol. The molecule has 3 atom stereocenters. The Morgan fingerprint density at radius 2 is 1.68 bits per heavy atom. The number of nitrogens with one attached hydrogen (secondary N) is 1. The molecule has 2 aromatic carbocycles. The normalized spacial score (nSPS) is 24.3. The Morgan fingerprint density at radius 1 is 1.06 bits per heavy atom. The highest BCUT2D eigenvalue weighted by Crippen LogP contribution is 2.45. The van der Waals surface area contributed by atoms with Crippen LogP contribution in [0.2, 0.25) is 0 Å². The number of carboxylic acid groups (broad SMARTS) is 1. The summed E-state index contributed by atoms with van der Waals surface area (Å²) in [6, 6.07) is 16.4. The molecule has 0 radical (unpaired) electrons. The van der Waals surface area contributed by atoms with Gasteiger partial charge in [0, 0.05) is 31.5 Å². The number of hydrogen-bond donors (Lipinski definition) is 2. The Bertz CT molecular complexity index is 1100. The van der Waals surface area contributed by atoms with Crippen LogP contribution in [0.25, 0.3) is 11.1 Å². The summed E-state index contributed by atoms with van der Waals surface area (Å²) in [6.07, 6.45) is 0.227. The Morgan fingerprint density at radius 3 is 2.26 bits per heavy atom. The zero-order valence-electron chi connectivity index (χ0n) is 19.5. The molecule has 2 amide bonds. The Hall–Kier alpha value is -3.35. The predicted octanol–water partition coefficient (Wildman–Crippen LogP) is 3.73. The van der Waals surface area contributed by atoms with Gasteiger partial charge in [0.05, 0.1) is 5.92 Å². The van der Waals surface area contributed by atoms with E-state index in [1.165, 1.54) is 11.1 Å². The monoisotopic (exact) mass is 462 g/mol. The third-order valence-corrected chi connectivity index (χ3v) is 7.65. The number of nitrogens with zero attached hydrogens (tertiary/aromatic N) is 1. The van der Waals surface area contributed by atoms with Gasteiger partial charge < -0.3 is 20.1 Å². The maximum absolute atomic E-state index is 12.8. The van der Waals surface area contributed by atoms with Gasteiger partial charge in [-0.3, -0.25) is 9.59 Å². The van der Waals surface area contributed by atoms with Gasteiger partial charge in [0.15, 0.2) is 0 Å². The van der Waals surface area contributed by atoms with Crippen LogP contribution in [0.15, 0.2) is 48.5 Å². The summed E-state index contributed by atoms with van der Waals surface area (Å²) in [6.45, 7) is 5.12. The van der Waals surface area contributed by atoms with Crippen molar-refractivity contribution in [1.29, 1.82) is 0 Å². The zero-order chi connectivity index (χ0) is 24.0. The second-order valence-corrected chi connectivity index (χ2v) is 10.4. The molecule has 1 saturated heterocycles. The van der Waals surface area contributed by atoms with Crippen molar-refractivity contribution in [3.05, 3.63) is 59.7 Å². The third-order valence-electron chi connectivity index (χ3n) is 7.65. The van der Waals surface area contributed by atoms with Crippen molar-refractivity contribution in [2.24, 2.45) is 23.2 Å². The molecule has 1 unspecified atom stereocenters. The van der Waals surface area contributed by atoms with Crippen LogP contribution in [-0.4, -0.2) is 54.2 Å². The van der Waals surface area contributed by atoms with E-state index < -0.39 is 23.4 Å². The van der Waals surface area contributed by atoms with Gasteiger partial charge in [-0.15, -0.1) is 0 Å². The summed E-state index contributed by atoms with van der Waals surface area (Å²) < 4.78 is 5.57. The number of hydrogen-bond acceptors (Lipinski definition) is 4. The fraction of sp³-hybridized carbons (Fsp3) is 0.444. The number of benzene rings is 2. The molecule has 34 heavy (non-hydrogen) atoms. The maximum atomic E-state index is 12.8. The van der Waals surface area contributed by atoms with E-state index in [1.807, 2.05) is 38.1 Å². The minimum absolute atomic E-state index is 0.00355. The lowest BCUT2D eigenvalue weighted by molar-refractivity contribution is -0.144. The third kappa shape index (κ3) is 4.04. The molecule has 0 bridgehead atoms. The minimum atomic E-state index is -0.857. The van der Waals surface area contributed by atoms with E-state index in [-0.39, 0.29) is 36.8 Å². The number of aliphatic carboxylic acids is 1. The number of carbonyl (C=O) groups is 3. The lowest BCUT2D eigenvalue weighted by Crippen LogP contribution is -2.33. The van der Waals surface area contributed by atoms with Crippen LogP contribution in [0.1, 0.15) is 37.3 Å². The van der Waals surface area contributed by atoms with E-state index in [2.05, 4.69) is 29.6 Å². The van der Waals surface area contributed by atoms with Crippen molar-refractivity contribution in [3.8, 4) is 11.1 Å². The van der Waals surface area contributed by atoms with Gasteiger partial charge in [-0.1, -0.05) is 62.4 Å². The molecule has 2 aromatic rings. The van der Waals surface area contributed by atoms with Gasteiger partial charge in [0.1, 0.15) is 6.61 Å². The molecule has 0 aromatic heterocycles. The summed E-state index contributed by atoms with van der Waals surface area (Å²) in [5.74, 6) is -1.49.